The molecule has 0 aromatic carbocycles. The average Bonchev–Trinajstić information content (AvgIpc) is 2.49. The Labute approximate surface area is 116 Å². The van der Waals surface area contributed by atoms with Gasteiger partial charge in [-0.15, -0.1) is 0 Å². The summed E-state index contributed by atoms with van der Waals surface area (Å²) < 4.78 is 6.92. The van der Waals surface area contributed by atoms with E-state index in [9.17, 15) is 4.79 Å². The van der Waals surface area contributed by atoms with Crippen LogP contribution in [0, 0.1) is 0 Å². The molecule has 1 fully saturated rings. The van der Waals surface area contributed by atoms with Gasteiger partial charge in [-0.25, -0.2) is 9.97 Å². The van der Waals surface area contributed by atoms with Crippen LogP contribution in [-0.4, -0.2) is 52.3 Å². The van der Waals surface area contributed by atoms with Crippen LogP contribution in [0.5, 0.6) is 0 Å². The van der Waals surface area contributed by atoms with Gasteiger partial charge in [-0.2, -0.15) is 0 Å². The molecule has 20 heavy (non-hydrogen) atoms. The Morgan fingerprint density at radius 1 is 1.30 bits per heavy atom. The van der Waals surface area contributed by atoms with E-state index in [2.05, 4.69) is 14.9 Å². The Kier molecular flexibility index (Phi) is 3.62. The van der Waals surface area contributed by atoms with Gasteiger partial charge in [0, 0.05) is 32.4 Å². The third-order valence-electron chi connectivity index (χ3n) is 3.47. The molecule has 1 saturated heterocycles. The summed E-state index contributed by atoms with van der Waals surface area (Å²) in [6, 6.07) is 3.59. The van der Waals surface area contributed by atoms with E-state index in [0.717, 1.165) is 32.8 Å². The molecule has 3 heterocycles. The monoisotopic (exact) mass is 275 g/mol. The fourth-order valence-corrected chi connectivity index (χ4v) is 2.37. The number of aromatic nitrogens is 3. The lowest BCUT2D eigenvalue weighted by Gasteiger charge is -2.26. The van der Waals surface area contributed by atoms with Crippen LogP contribution in [0.4, 0.5) is 5.82 Å². The Morgan fingerprint density at radius 3 is 2.90 bits per heavy atom. The normalized spacial score (nSPS) is 16.6. The Balaban J connectivity index is 1.89. The van der Waals surface area contributed by atoms with Crippen molar-refractivity contribution in [1.29, 1.82) is 0 Å². The molecule has 0 atom stereocenters. The minimum atomic E-state index is -0.274. The first-order valence-electron chi connectivity index (χ1n) is 6.67. The van der Waals surface area contributed by atoms with Gasteiger partial charge in [0.2, 0.25) is 0 Å². The van der Waals surface area contributed by atoms with Crippen LogP contribution in [-0.2, 0) is 11.3 Å². The maximum Gasteiger partial charge on any atom is 0.294 e. The molecule has 7 nitrogen and oxygen atoms in total. The van der Waals surface area contributed by atoms with E-state index < -0.39 is 0 Å². The molecule has 2 N–H and O–H groups in total. The van der Waals surface area contributed by atoms with Crippen molar-refractivity contribution < 1.29 is 4.74 Å². The molecule has 0 bridgehead atoms. The number of nitrogens with zero attached hydrogens (tertiary/aromatic N) is 4. The number of morpholine rings is 1. The van der Waals surface area contributed by atoms with Crippen molar-refractivity contribution in [3.63, 3.8) is 0 Å². The summed E-state index contributed by atoms with van der Waals surface area (Å²) in [6.07, 6.45) is 1.66. The fraction of sp³-hybridized carbons (Fsp3) is 0.462. The number of anilines is 1. The molecule has 2 aromatic heterocycles. The van der Waals surface area contributed by atoms with Crippen molar-refractivity contribution in [3.05, 3.63) is 28.7 Å². The average molecular weight is 275 g/mol. The number of hydrogen-bond acceptors (Lipinski definition) is 6. The predicted molar refractivity (Wildman–Crippen MR) is 75.5 cm³/mol. The second-order valence-electron chi connectivity index (χ2n) is 4.75. The van der Waals surface area contributed by atoms with Gasteiger partial charge in [0.25, 0.3) is 5.56 Å². The first-order chi connectivity index (χ1) is 9.75. The standard InChI is InChI=1S/C13H17N5O2/c14-11-13(19)18(5-4-17-6-8-20-9-7-17)12-10(16-11)2-1-3-15-12/h1-3H,4-9H2,(H2,14,16). The van der Waals surface area contributed by atoms with Crippen molar-refractivity contribution in [2.45, 2.75) is 6.54 Å². The molecule has 7 heteroatoms. The van der Waals surface area contributed by atoms with Crippen molar-refractivity contribution in [1.82, 2.24) is 19.4 Å². The summed E-state index contributed by atoms with van der Waals surface area (Å²) in [6.45, 7) is 4.59. The highest BCUT2D eigenvalue weighted by Crippen LogP contribution is 2.08. The number of fused-ring (bicyclic) bond motifs is 1. The molecule has 0 radical (unpaired) electrons. The lowest BCUT2D eigenvalue weighted by Crippen LogP contribution is -2.39. The van der Waals surface area contributed by atoms with Crippen LogP contribution in [0.15, 0.2) is 23.1 Å². The number of pyridine rings is 1. The van der Waals surface area contributed by atoms with E-state index >= 15 is 0 Å². The number of nitrogen functional groups attached to an aromatic ring is 1. The van der Waals surface area contributed by atoms with Gasteiger partial charge in [-0.3, -0.25) is 14.3 Å². The van der Waals surface area contributed by atoms with Crippen LogP contribution >= 0.6 is 0 Å². The first-order valence-corrected chi connectivity index (χ1v) is 6.67. The van der Waals surface area contributed by atoms with Gasteiger partial charge in [0.1, 0.15) is 5.52 Å². The summed E-state index contributed by atoms with van der Waals surface area (Å²) in [4.78, 5) is 22.7. The molecule has 1 aliphatic rings. The summed E-state index contributed by atoms with van der Waals surface area (Å²) >= 11 is 0. The topological polar surface area (TPSA) is 86.3 Å². The molecule has 0 amide bonds. The van der Waals surface area contributed by atoms with E-state index in [0.29, 0.717) is 17.7 Å². The van der Waals surface area contributed by atoms with Gasteiger partial charge in [0.05, 0.1) is 13.2 Å². The molecule has 0 saturated carbocycles. The molecule has 0 spiro atoms. The Morgan fingerprint density at radius 2 is 2.10 bits per heavy atom. The van der Waals surface area contributed by atoms with Crippen molar-refractivity contribution in [2.24, 2.45) is 0 Å². The van der Waals surface area contributed by atoms with Crippen LogP contribution in [0.1, 0.15) is 0 Å². The van der Waals surface area contributed by atoms with E-state index in [1.54, 1.807) is 16.8 Å². The summed E-state index contributed by atoms with van der Waals surface area (Å²) in [5.74, 6) is 0.0208. The maximum absolute atomic E-state index is 12.1. The number of hydrogen-bond donors (Lipinski definition) is 1. The lowest BCUT2D eigenvalue weighted by molar-refractivity contribution is 0.0364. The van der Waals surface area contributed by atoms with E-state index in [1.807, 2.05) is 6.07 Å². The summed E-state index contributed by atoms with van der Waals surface area (Å²) in [5, 5.41) is 0. The largest absolute Gasteiger partial charge is 0.379 e. The highest BCUT2D eigenvalue weighted by molar-refractivity contribution is 5.71. The zero-order valence-corrected chi connectivity index (χ0v) is 11.2. The van der Waals surface area contributed by atoms with Gasteiger partial charge >= 0.3 is 0 Å². The summed E-state index contributed by atoms with van der Waals surface area (Å²) in [5.41, 5.74) is 6.64. The van der Waals surface area contributed by atoms with Gasteiger partial charge in [0.15, 0.2) is 11.5 Å². The molecule has 106 valence electrons. The molecule has 3 rings (SSSR count). The Hall–Kier alpha value is -1.99. The highest BCUT2D eigenvalue weighted by Gasteiger charge is 2.13. The van der Waals surface area contributed by atoms with Crippen molar-refractivity contribution >= 4 is 17.0 Å². The second-order valence-corrected chi connectivity index (χ2v) is 4.75. The second kappa shape index (κ2) is 5.56. The molecule has 2 aromatic rings. The molecule has 0 unspecified atom stereocenters. The predicted octanol–water partition coefficient (Wildman–Crippen LogP) is -0.294. The van der Waals surface area contributed by atoms with Crippen molar-refractivity contribution in [2.75, 3.05) is 38.6 Å². The third-order valence-corrected chi connectivity index (χ3v) is 3.47. The summed E-state index contributed by atoms with van der Waals surface area (Å²) in [7, 11) is 0. The SMILES string of the molecule is Nc1nc2cccnc2n(CCN2CCOCC2)c1=O. The molecular weight excluding hydrogens is 258 g/mol. The van der Waals surface area contributed by atoms with E-state index in [-0.39, 0.29) is 11.4 Å². The zero-order valence-electron chi connectivity index (χ0n) is 11.2. The third kappa shape index (κ3) is 2.50. The van der Waals surface area contributed by atoms with Crippen molar-refractivity contribution in [3.8, 4) is 0 Å². The van der Waals surface area contributed by atoms with Gasteiger partial charge in [-0.05, 0) is 12.1 Å². The van der Waals surface area contributed by atoms with Crippen LogP contribution < -0.4 is 11.3 Å². The highest BCUT2D eigenvalue weighted by atomic mass is 16.5. The van der Waals surface area contributed by atoms with Gasteiger partial charge < -0.3 is 10.5 Å². The number of rotatable bonds is 3. The van der Waals surface area contributed by atoms with Crippen LogP contribution in [0.3, 0.4) is 0 Å². The van der Waals surface area contributed by atoms with E-state index in [4.69, 9.17) is 10.5 Å². The first kappa shape index (κ1) is 13.0. The zero-order chi connectivity index (χ0) is 13.9. The minimum Gasteiger partial charge on any atom is -0.379 e. The van der Waals surface area contributed by atoms with Gasteiger partial charge in [-0.1, -0.05) is 0 Å². The maximum atomic E-state index is 12.1. The smallest absolute Gasteiger partial charge is 0.294 e. The van der Waals surface area contributed by atoms with Crippen LogP contribution in [0.2, 0.25) is 0 Å². The van der Waals surface area contributed by atoms with Crippen LogP contribution in [0.25, 0.3) is 11.2 Å². The number of nitrogens with two attached hydrogens (primary N) is 1. The molecule has 0 aliphatic carbocycles. The van der Waals surface area contributed by atoms with E-state index in [1.165, 1.54) is 0 Å². The molecule has 1 aliphatic heterocycles. The quantitative estimate of drug-likeness (QED) is 0.828. The fourth-order valence-electron chi connectivity index (χ4n) is 2.37. The number of ether oxygens (including phenoxy) is 1. The minimum absolute atomic E-state index is 0.0208. The Bertz CT molecular complexity index is 663. The lowest BCUT2D eigenvalue weighted by atomic mass is 10.3. The molecular formula is C13H17N5O2.